The molecule has 0 heterocycles. The Morgan fingerprint density at radius 1 is 1.04 bits per heavy atom. The molecule has 0 saturated heterocycles. The largest absolute Gasteiger partial charge is 0.299 e. The van der Waals surface area contributed by atoms with Gasteiger partial charge in [-0.15, -0.1) is 0 Å². The number of hydrogen-bond donors (Lipinski definition) is 0. The van der Waals surface area contributed by atoms with Crippen LogP contribution in [0.3, 0.4) is 0 Å². The van der Waals surface area contributed by atoms with Gasteiger partial charge in [0.15, 0.2) is 0 Å². The second-order valence-corrected chi connectivity index (χ2v) is 8.35. The van der Waals surface area contributed by atoms with Crippen LogP contribution in [0.2, 0.25) is 0 Å². The first-order valence-corrected chi connectivity index (χ1v) is 10.7. The van der Waals surface area contributed by atoms with Crippen molar-refractivity contribution in [2.24, 2.45) is 11.8 Å². The van der Waals surface area contributed by atoms with Gasteiger partial charge in [0, 0.05) is 13.1 Å². The molecule has 0 N–H and O–H groups in total. The lowest BCUT2D eigenvalue weighted by Gasteiger charge is -2.25. The molecular weight excluding hydrogens is 326 g/mol. The quantitative estimate of drug-likeness (QED) is 0.506. The standard InChI is InChI=1S/C26H35N/c1-5-22-9-7-11-25(16-22)26-12-8-10-24(17-26)21(4)18-27(6-2)19-23-14-13-20(3)15-23/h7-12,16-17,20,23H,4-6,13-15,18-19H2,1-3H3. The van der Waals surface area contributed by atoms with Crippen LogP contribution in [0.4, 0.5) is 0 Å². The fraction of sp³-hybridized carbons (Fsp3) is 0.462. The lowest BCUT2D eigenvalue weighted by atomic mass is 9.97. The topological polar surface area (TPSA) is 3.24 Å². The van der Waals surface area contributed by atoms with Crippen molar-refractivity contribution >= 4 is 5.57 Å². The molecule has 2 atom stereocenters. The van der Waals surface area contributed by atoms with Crippen molar-refractivity contribution in [2.75, 3.05) is 19.6 Å². The van der Waals surface area contributed by atoms with E-state index in [2.05, 4.69) is 80.8 Å². The molecule has 1 nitrogen and oxygen atoms in total. The Hall–Kier alpha value is -1.86. The average molecular weight is 362 g/mol. The highest BCUT2D eigenvalue weighted by atomic mass is 15.1. The molecule has 0 amide bonds. The molecule has 1 heteroatoms. The molecule has 1 aliphatic carbocycles. The van der Waals surface area contributed by atoms with Crippen molar-refractivity contribution in [3.05, 3.63) is 66.2 Å². The van der Waals surface area contributed by atoms with Crippen molar-refractivity contribution in [1.82, 2.24) is 4.90 Å². The molecule has 2 unspecified atom stereocenters. The molecular formula is C26H35N. The van der Waals surface area contributed by atoms with Gasteiger partial charge >= 0.3 is 0 Å². The first-order chi connectivity index (χ1) is 13.1. The van der Waals surface area contributed by atoms with Gasteiger partial charge in [0.25, 0.3) is 0 Å². The first kappa shape index (κ1) is 19.9. The summed E-state index contributed by atoms with van der Waals surface area (Å²) in [5, 5.41) is 0. The van der Waals surface area contributed by atoms with Gasteiger partial charge in [-0.1, -0.05) is 76.2 Å². The van der Waals surface area contributed by atoms with E-state index in [4.69, 9.17) is 0 Å². The van der Waals surface area contributed by atoms with Crippen LogP contribution < -0.4 is 0 Å². The third-order valence-corrected chi connectivity index (χ3v) is 6.12. The molecule has 0 bridgehead atoms. The van der Waals surface area contributed by atoms with E-state index in [9.17, 15) is 0 Å². The maximum atomic E-state index is 4.43. The van der Waals surface area contributed by atoms with Gasteiger partial charge in [-0.3, -0.25) is 4.90 Å². The first-order valence-electron chi connectivity index (χ1n) is 10.7. The van der Waals surface area contributed by atoms with Crippen LogP contribution in [0.5, 0.6) is 0 Å². The third-order valence-electron chi connectivity index (χ3n) is 6.12. The summed E-state index contributed by atoms with van der Waals surface area (Å²) in [5.74, 6) is 1.78. The normalized spacial score (nSPS) is 19.6. The van der Waals surface area contributed by atoms with Gasteiger partial charge in [-0.25, -0.2) is 0 Å². The number of aryl methyl sites for hydroxylation is 1. The molecule has 0 aromatic heterocycles. The Balaban J connectivity index is 1.69. The van der Waals surface area contributed by atoms with Gasteiger partial charge in [-0.05, 0) is 71.5 Å². The zero-order valence-electron chi connectivity index (χ0n) is 17.4. The molecule has 0 aliphatic heterocycles. The molecule has 1 aliphatic rings. The molecule has 0 spiro atoms. The Labute approximate surface area is 166 Å². The Morgan fingerprint density at radius 2 is 1.78 bits per heavy atom. The van der Waals surface area contributed by atoms with Crippen LogP contribution in [-0.4, -0.2) is 24.5 Å². The zero-order valence-corrected chi connectivity index (χ0v) is 17.4. The van der Waals surface area contributed by atoms with Gasteiger partial charge in [0.05, 0.1) is 0 Å². The van der Waals surface area contributed by atoms with Crippen LogP contribution in [-0.2, 0) is 6.42 Å². The highest BCUT2D eigenvalue weighted by Crippen LogP contribution is 2.31. The van der Waals surface area contributed by atoms with E-state index in [0.29, 0.717) is 0 Å². The minimum atomic E-state index is 0.871. The third kappa shape index (κ3) is 5.32. The number of rotatable bonds is 8. The lowest BCUT2D eigenvalue weighted by molar-refractivity contribution is 0.266. The van der Waals surface area contributed by atoms with Gasteiger partial charge in [0.2, 0.25) is 0 Å². The maximum absolute atomic E-state index is 4.43. The number of benzene rings is 2. The summed E-state index contributed by atoms with van der Waals surface area (Å²) in [6, 6.07) is 17.8. The summed E-state index contributed by atoms with van der Waals surface area (Å²) in [4.78, 5) is 2.58. The van der Waals surface area contributed by atoms with E-state index in [1.54, 1.807) is 0 Å². The number of hydrogen-bond acceptors (Lipinski definition) is 1. The second-order valence-electron chi connectivity index (χ2n) is 8.35. The molecule has 3 rings (SSSR count). The van der Waals surface area contributed by atoms with Crippen molar-refractivity contribution in [1.29, 1.82) is 0 Å². The van der Waals surface area contributed by atoms with Gasteiger partial charge in [-0.2, -0.15) is 0 Å². The highest BCUT2D eigenvalue weighted by molar-refractivity contribution is 5.72. The maximum Gasteiger partial charge on any atom is 0.0233 e. The Morgan fingerprint density at radius 3 is 2.44 bits per heavy atom. The summed E-state index contributed by atoms with van der Waals surface area (Å²) in [6.07, 6.45) is 5.27. The second kappa shape index (κ2) is 9.37. The van der Waals surface area contributed by atoms with Crippen LogP contribution in [0.1, 0.15) is 51.2 Å². The molecule has 144 valence electrons. The predicted octanol–water partition coefficient (Wildman–Crippen LogP) is 6.69. The van der Waals surface area contributed by atoms with E-state index in [-0.39, 0.29) is 0 Å². The van der Waals surface area contributed by atoms with Crippen molar-refractivity contribution in [2.45, 2.75) is 46.5 Å². The summed E-state index contributed by atoms with van der Waals surface area (Å²) in [7, 11) is 0. The van der Waals surface area contributed by atoms with Crippen LogP contribution in [0.15, 0.2) is 55.1 Å². The van der Waals surface area contributed by atoms with E-state index >= 15 is 0 Å². The van der Waals surface area contributed by atoms with Crippen LogP contribution >= 0.6 is 0 Å². The molecule has 27 heavy (non-hydrogen) atoms. The Bertz CT molecular complexity index is 760. The van der Waals surface area contributed by atoms with E-state index in [1.165, 1.54) is 53.6 Å². The molecule has 2 aromatic rings. The molecule has 1 saturated carbocycles. The summed E-state index contributed by atoms with van der Waals surface area (Å²) in [6.45, 7) is 14.6. The monoisotopic (exact) mass is 361 g/mol. The van der Waals surface area contributed by atoms with E-state index in [1.807, 2.05) is 0 Å². The smallest absolute Gasteiger partial charge is 0.0233 e. The summed E-state index contributed by atoms with van der Waals surface area (Å²) < 4.78 is 0. The van der Waals surface area contributed by atoms with E-state index in [0.717, 1.165) is 31.3 Å². The summed E-state index contributed by atoms with van der Waals surface area (Å²) >= 11 is 0. The lowest BCUT2D eigenvalue weighted by Crippen LogP contribution is -2.30. The molecule has 2 aromatic carbocycles. The van der Waals surface area contributed by atoms with Gasteiger partial charge in [0.1, 0.15) is 0 Å². The SMILES string of the molecule is C=C(CN(CC)CC1CCC(C)C1)c1cccc(-c2cccc(CC)c2)c1. The Kier molecular flexibility index (Phi) is 6.90. The van der Waals surface area contributed by atoms with Crippen molar-refractivity contribution in [3.8, 4) is 11.1 Å². The molecule has 1 fully saturated rings. The zero-order chi connectivity index (χ0) is 19.2. The van der Waals surface area contributed by atoms with Crippen LogP contribution in [0.25, 0.3) is 16.7 Å². The van der Waals surface area contributed by atoms with Crippen molar-refractivity contribution in [3.63, 3.8) is 0 Å². The molecule has 0 radical (unpaired) electrons. The van der Waals surface area contributed by atoms with Crippen LogP contribution in [0, 0.1) is 11.8 Å². The van der Waals surface area contributed by atoms with Crippen molar-refractivity contribution < 1.29 is 0 Å². The minimum Gasteiger partial charge on any atom is -0.299 e. The van der Waals surface area contributed by atoms with Gasteiger partial charge < -0.3 is 0 Å². The summed E-state index contributed by atoms with van der Waals surface area (Å²) in [5.41, 5.74) is 6.48. The fourth-order valence-corrected chi connectivity index (χ4v) is 4.41. The predicted molar refractivity (Wildman–Crippen MR) is 119 cm³/mol. The fourth-order valence-electron chi connectivity index (χ4n) is 4.41. The number of nitrogens with zero attached hydrogens (tertiary/aromatic N) is 1. The number of likely N-dealkylation sites (N-methyl/N-ethyl adjacent to an activating group) is 1. The van der Waals surface area contributed by atoms with E-state index < -0.39 is 0 Å². The average Bonchev–Trinajstić information content (AvgIpc) is 3.12. The highest BCUT2D eigenvalue weighted by Gasteiger charge is 2.23. The minimum absolute atomic E-state index is 0.871.